The van der Waals surface area contributed by atoms with Gasteiger partial charge in [-0.25, -0.2) is 0 Å². The van der Waals surface area contributed by atoms with Gasteiger partial charge in [0.1, 0.15) is 0 Å². The molecule has 0 saturated heterocycles. The van der Waals surface area contributed by atoms with E-state index in [1.807, 2.05) is 38.4 Å². The number of amides is 1. The van der Waals surface area contributed by atoms with Gasteiger partial charge < -0.3 is 10.2 Å². The molecule has 0 unspecified atom stereocenters. The topological polar surface area (TPSA) is 32.3 Å². The average Bonchev–Trinajstić information content (AvgIpc) is 2.27. The zero-order valence-corrected chi connectivity index (χ0v) is 9.99. The monoisotopic (exact) mass is 219 g/mol. The van der Waals surface area contributed by atoms with Crippen LogP contribution < -0.4 is 5.32 Å². The van der Waals surface area contributed by atoms with Crippen LogP contribution in [0.2, 0.25) is 0 Å². The quantitative estimate of drug-likeness (QED) is 0.785. The van der Waals surface area contributed by atoms with Crippen molar-refractivity contribution in [2.75, 3.05) is 20.6 Å². The van der Waals surface area contributed by atoms with Gasteiger partial charge in [0.2, 0.25) is 5.91 Å². The van der Waals surface area contributed by atoms with Gasteiger partial charge in [0.25, 0.3) is 0 Å². The third-order valence-electron chi connectivity index (χ3n) is 2.29. The Morgan fingerprint density at radius 2 is 2.06 bits per heavy atom. The summed E-state index contributed by atoms with van der Waals surface area (Å²) in [6.45, 7) is 1.56. The first-order valence-corrected chi connectivity index (χ1v) is 5.55. The molecule has 1 amide bonds. The lowest BCUT2D eigenvalue weighted by Gasteiger charge is -2.09. The Morgan fingerprint density at radius 1 is 1.38 bits per heavy atom. The molecule has 0 atom stereocenters. The first-order chi connectivity index (χ1) is 7.68. The predicted molar refractivity (Wildman–Crippen MR) is 64.9 cm³/mol. The summed E-state index contributed by atoms with van der Waals surface area (Å²) in [6, 6.07) is 10.6. The number of carbonyl (C=O) groups excluding carboxylic acids is 1. The molecular formula is C13H19N2O. The van der Waals surface area contributed by atoms with Crippen molar-refractivity contribution in [3.8, 4) is 0 Å². The molecule has 1 radical (unpaired) electrons. The number of nitrogens with one attached hydrogen (secondary N) is 1. The zero-order chi connectivity index (χ0) is 11.8. The highest BCUT2D eigenvalue weighted by Gasteiger charge is 2.01. The Balaban J connectivity index is 2.16. The first kappa shape index (κ1) is 12.7. The third-order valence-corrected chi connectivity index (χ3v) is 2.29. The molecule has 0 bridgehead atoms. The molecule has 3 heteroatoms. The third kappa shape index (κ3) is 5.51. The molecule has 16 heavy (non-hydrogen) atoms. The van der Waals surface area contributed by atoms with E-state index in [0.29, 0.717) is 13.0 Å². The van der Waals surface area contributed by atoms with Crippen molar-refractivity contribution in [1.29, 1.82) is 0 Å². The van der Waals surface area contributed by atoms with Gasteiger partial charge in [-0.05, 0) is 38.7 Å². The Kier molecular flexibility index (Phi) is 5.57. The highest BCUT2D eigenvalue weighted by Crippen LogP contribution is 1.97. The lowest BCUT2D eigenvalue weighted by Crippen LogP contribution is -2.24. The lowest BCUT2D eigenvalue weighted by molar-refractivity contribution is -0.121. The fourth-order valence-corrected chi connectivity index (χ4v) is 1.38. The van der Waals surface area contributed by atoms with Crippen LogP contribution in [-0.4, -0.2) is 31.4 Å². The van der Waals surface area contributed by atoms with E-state index in [2.05, 4.69) is 16.3 Å². The second-order valence-electron chi connectivity index (χ2n) is 4.09. The summed E-state index contributed by atoms with van der Waals surface area (Å²) in [6.07, 6.45) is 1.50. The van der Waals surface area contributed by atoms with Gasteiger partial charge in [-0.1, -0.05) is 24.3 Å². The summed E-state index contributed by atoms with van der Waals surface area (Å²) in [5.74, 6) is 0.120. The molecular weight excluding hydrogens is 200 g/mol. The van der Waals surface area contributed by atoms with E-state index < -0.39 is 0 Å². The largest absolute Gasteiger partial charge is 0.352 e. The molecule has 0 aliphatic rings. The van der Waals surface area contributed by atoms with Crippen LogP contribution in [0.1, 0.15) is 18.4 Å². The number of hydrogen-bond donors (Lipinski definition) is 1. The molecule has 1 aromatic carbocycles. The van der Waals surface area contributed by atoms with Crippen LogP contribution in [-0.2, 0) is 11.3 Å². The highest BCUT2D eigenvalue weighted by atomic mass is 16.1. The van der Waals surface area contributed by atoms with Crippen molar-refractivity contribution in [1.82, 2.24) is 10.2 Å². The maximum Gasteiger partial charge on any atom is 0.220 e. The molecule has 0 fully saturated rings. The number of hydrogen-bond acceptors (Lipinski definition) is 2. The van der Waals surface area contributed by atoms with Crippen LogP contribution >= 0.6 is 0 Å². The highest BCUT2D eigenvalue weighted by molar-refractivity contribution is 5.75. The lowest BCUT2D eigenvalue weighted by atomic mass is 10.2. The van der Waals surface area contributed by atoms with E-state index in [0.717, 1.165) is 18.5 Å². The fourth-order valence-electron chi connectivity index (χ4n) is 1.38. The van der Waals surface area contributed by atoms with Crippen LogP contribution in [0.5, 0.6) is 0 Å². The van der Waals surface area contributed by atoms with Gasteiger partial charge in [0.15, 0.2) is 0 Å². The number of benzene rings is 1. The van der Waals surface area contributed by atoms with Crippen LogP contribution in [0.4, 0.5) is 0 Å². The van der Waals surface area contributed by atoms with Crippen molar-refractivity contribution >= 4 is 5.91 Å². The number of nitrogens with zero attached hydrogens (tertiary/aromatic N) is 1. The van der Waals surface area contributed by atoms with Crippen molar-refractivity contribution in [2.45, 2.75) is 19.4 Å². The van der Waals surface area contributed by atoms with E-state index in [1.165, 1.54) is 0 Å². The molecule has 87 valence electrons. The van der Waals surface area contributed by atoms with E-state index in [-0.39, 0.29) is 5.91 Å². The number of rotatable bonds is 6. The Morgan fingerprint density at radius 3 is 2.69 bits per heavy atom. The Labute approximate surface area is 97.5 Å². The van der Waals surface area contributed by atoms with Gasteiger partial charge in [0, 0.05) is 13.0 Å². The molecule has 3 nitrogen and oxygen atoms in total. The molecule has 0 heterocycles. The maximum atomic E-state index is 11.5. The molecule has 1 N–H and O–H groups in total. The molecule has 0 aliphatic heterocycles. The smallest absolute Gasteiger partial charge is 0.220 e. The Bertz CT molecular complexity index is 309. The molecule has 0 spiro atoms. The van der Waals surface area contributed by atoms with Crippen molar-refractivity contribution in [2.24, 2.45) is 0 Å². The molecule has 0 saturated carbocycles. The van der Waals surface area contributed by atoms with E-state index >= 15 is 0 Å². The van der Waals surface area contributed by atoms with Crippen molar-refractivity contribution in [3.63, 3.8) is 0 Å². The van der Waals surface area contributed by atoms with E-state index in [4.69, 9.17) is 0 Å². The van der Waals surface area contributed by atoms with Crippen LogP contribution in [0.3, 0.4) is 0 Å². The second-order valence-corrected chi connectivity index (χ2v) is 4.09. The standard InChI is InChI=1S/C13H19N2O/c1-15(2)10-6-9-13(16)14-11-12-7-4-3-5-8-12/h4-5,7-8H,6,9-11H2,1-2H3,(H,14,16). The second kappa shape index (κ2) is 7.01. The van der Waals surface area contributed by atoms with Gasteiger partial charge in [-0.3, -0.25) is 4.79 Å². The fraction of sp³-hybridized carbons (Fsp3) is 0.462. The Hall–Kier alpha value is -1.35. The predicted octanol–water partition coefficient (Wildman–Crippen LogP) is 1.44. The molecule has 0 aromatic heterocycles. The maximum absolute atomic E-state index is 11.5. The van der Waals surface area contributed by atoms with Gasteiger partial charge >= 0.3 is 0 Å². The normalized spacial score (nSPS) is 10.4. The first-order valence-electron chi connectivity index (χ1n) is 5.55. The van der Waals surface area contributed by atoms with Crippen LogP contribution in [0, 0.1) is 6.07 Å². The number of carbonyl (C=O) groups is 1. The van der Waals surface area contributed by atoms with Gasteiger partial charge in [0.05, 0.1) is 0 Å². The molecule has 1 aromatic rings. The molecule has 0 aliphatic carbocycles. The summed E-state index contributed by atoms with van der Waals surface area (Å²) < 4.78 is 0. The van der Waals surface area contributed by atoms with Gasteiger partial charge in [-0.2, -0.15) is 0 Å². The minimum Gasteiger partial charge on any atom is -0.352 e. The van der Waals surface area contributed by atoms with Crippen molar-refractivity contribution in [3.05, 3.63) is 35.9 Å². The van der Waals surface area contributed by atoms with E-state index in [1.54, 1.807) is 0 Å². The van der Waals surface area contributed by atoms with Crippen LogP contribution in [0.15, 0.2) is 24.3 Å². The SMILES string of the molecule is CN(C)CCCC(=O)NCc1cc[c]cc1. The summed E-state index contributed by atoms with van der Waals surface area (Å²) in [5.41, 5.74) is 1.11. The van der Waals surface area contributed by atoms with Crippen molar-refractivity contribution < 1.29 is 4.79 Å². The molecule has 1 rings (SSSR count). The average molecular weight is 219 g/mol. The summed E-state index contributed by atoms with van der Waals surface area (Å²) in [5, 5.41) is 2.90. The zero-order valence-electron chi connectivity index (χ0n) is 9.99. The minimum absolute atomic E-state index is 0.120. The summed E-state index contributed by atoms with van der Waals surface area (Å²) in [7, 11) is 4.02. The summed E-state index contributed by atoms with van der Waals surface area (Å²) >= 11 is 0. The minimum atomic E-state index is 0.120. The van der Waals surface area contributed by atoms with Gasteiger partial charge in [-0.15, -0.1) is 0 Å². The summed E-state index contributed by atoms with van der Waals surface area (Å²) in [4.78, 5) is 13.5. The van der Waals surface area contributed by atoms with Crippen LogP contribution in [0.25, 0.3) is 0 Å². The van der Waals surface area contributed by atoms with E-state index in [9.17, 15) is 4.79 Å².